The molecule has 2 aliphatic rings. The minimum absolute atomic E-state index is 0.119. The fraction of sp³-hybridized carbons (Fsp3) is 0.571. The number of fused-ring (bicyclic) bond motifs is 1. The molecule has 1 amide bonds. The first-order chi connectivity index (χ1) is 9.11. The summed E-state index contributed by atoms with van der Waals surface area (Å²) in [6.45, 7) is 0.254. The zero-order chi connectivity index (χ0) is 13.5. The number of carboxylic acids is 1. The van der Waals surface area contributed by atoms with Crippen LogP contribution in [-0.2, 0) is 17.6 Å². The van der Waals surface area contributed by atoms with Crippen LogP contribution >= 0.6 is 11.3 Å². The molecule has 0 aromatic carbocycles. The van der Waals surface area contributed by atoms with E-state index in [1.54, 1.807) is 11.3 Å². The molecule has 2 aliphatic carbocycles. The molecule has 5 heteroatoms. The van der Waals surface area contributed by atoms with Crippen molar-refractivity contribution in [2.45, 2.75) is 38.5 Å². The molecule has 1 heterocycles. The molecule has 0 unspecified atom stereocenters. The second-order valence-electron chi connectivity index (χ2n) is 5.53. The Morgan fingerprint density at radius 1 is 1.32 bits per heavy atom. The van der Waals surface area contributed by atoms with Crippen molar-refractivity contribution < 1.29 is 14.7 Å². The number of aliphatic carboxylic acids is 1. The van der Waals surface area contributed by atoms with Gasteiger partial charge in [-0.1, -0.05) is 0 Å². The first kappa shape index (κ1) is 12.7. The molecule has 2 N–H and O–H groups in total. The second-order valence-corrected chi connectivity index (χ2v) is 6.67. The predicted molar refractivity (Wildman–Crippen MR) is 72.6 cm³/mol. The lowest BCUT2D eigenvalue weighted by Crippen LogP contribution is -2.33. The predicted octanol–water partition coefficient (Wildman–Crippen LogP) is 2.22. The van der Waals surface area contributed by atoms with Crippen molar-refractivity contribution >= 4 is 23.2 Å². The van der Waals surface area contributed by atoms with Crippen molar-refractivity contribution in [3.63, 3.8) is 0 Å². The van der Waals surface area contributed by atoms with Crippen molar-refractivity contribution in [2.24, 2.45) is 5.41 Å². The van der Waals surface area contributed by atoms with Crippen molar-refractivity contribution in [3.8, 4) is 0 Å². The highest BCUT2D eigenvalue weighted by molar-refractivity contribution is 7.14. The van der Waals surface area contributed by atoms with Gasteiger partial charge >= 0.3 is 5.97 Å². The molecule has 0 radical (unpaired) electrons. The van der Waals surface area contributed by atoms with Gasteiger partial charge in [0.05, 0.1) is 10.3 Å². The van der Waals surface area contributed by atoms with Crippen LogP contribution in [0.3, 0.4) is 0 Å². The Labute approximate surface area is 115 Å². The maximum absolute atomic E-state index is 12.1. The lowest BCUT2D eigenvalue weighted by atomic mass is 9.99. The van der Waals surface area contributed by atoms with Crippen LogP contribution < -0.4 is 5.32 Å². The molecule has 3 rings (SSSR count). The largest absolute Gasteiger partial charge is 0.481 e. The summed E-state index contributed by atoms with van der Waals surface area (Å²) in [7, 11) is 0. The van der Waals surface area contributed by atoms with Crippen LogP contribution in [0.1, 0.15) is 45.8 Å². The van der Waals surface area contributed by atoms with Gasteiger partial charge in [0.1, 0.15) is 0 Å². The topological polar surface area (TPSA) is 66.4 Å². The minimum Gasteiger partial charge on any atom is -0.481 e. The highest BCUT2D eigenvalue weighted by Gasteiger charge is 2.50. The Morgan fingerprint density at radius 3 is 2.68 bits per heavy atom. The Bertz CT molecular complexity index is 507. The Morgan fingerprint density at radius 2 is 2.05 bits per heavy atom. The summed E-state index contributed by atoms with van der Waals surface area (Å²) < 4.78 is 0. The lowest BCUT2D eigenvalue weighted by Gasteiger charge is -2.10. The van der Waals surface area contributed by atoms with E-state index >= 15 is 0 Å². The Balaban J connectivity index is 1.64. The quantitative estimate of drug-likeness (QED) is 0.888. The van der Waals surface area contributed by atoms with Crippen LogP contribution in [-0.4, -0.2) is 23.5 Å². The van der Waals surface area contributed by atoms with Gasteiger partial charge in [-0.2, -0.15) is 0 Å². The van der Waals surface area contributed by atoms with E-state index in [0.717, 1.165) is 17.7 Å². The number of hydrogen-bond acceptors (Lipinski definition) is 3. The van der Waals surface area contributed by atoms with Crippen LogP contribution in [0.5, 0.6) is 0 Å². The first-order valence-electron chi connectivity index (χ1n) is 6.74. The molecule has 0 bridgehead atoms. The van der Waals surface area contributed by atoms with E-state index in [-0.39, 0.29) is 12.5 Å². The van der Waals surface area contributed by atoms with Crippen molar-refractivity contribution in [2.75, 3.05) is 6.54 Å². The zero-order valence-electron chi connectivity index (χ0n) is 10.7. The zero-order valence-corrected chi connectivity index (χ0v) is 11.5. The fourth-order valence-electron chi connectivity index (χ4n) is 2.56. The summed E-state index contributed by atoms with van der Waals surface area (Å²) in [6.07, 6.45) is 5.89. The summed E-state index contributed by atoms with van der Waals surface area (Å²) >= 11 is 1.56. The molecule has 1 saturated carbocycles. The van der Waals surface area contributed by atoms with Gasteiger partial charge in [0.15, 0.2) is 0 Å². The van der Waals surface area contributed by atoms with Crippen LogP contribution in [0.2, 0.25) is 0 Å². The third-order valence-corrected chi connectivity index (χ3v) is 5.35. The van der Waals surface area contributed by atoms with E-state index < -0.39 is 11.4 Å². The molecule has 4 nitrogen and oxygen atoms in total. The molecule has 0 aliphatic heterocycles. The number of carbonyl (C=O) groups is 2. The number of hydrogen-bond donors (Lipinski definition) is 2. The molecule has 1 aromatic rings. The number of rotatable bonds is 4. The van der Waals surface area contributed by atoms with Gasteiger partial charge in [0.2, 0.25) is 0 Å². The number of carbonyl (C=O) groups excluding carboxylic acids is 1. The van der Waals surface area contributed by atoms with E-state index in [2.05, 4.69) is 5.32 Å². The van der Waals surface area contributed by atoms with Crippen LogP contribution in [0, 0.1) is 5.41 Å². The molecule has 102 valence electrons. The normalized spacial score (nSPS) is 19.6. The van der Waals surface area contributed by atoms with E-state index in [1.165, 1.54) is 23.3 Å². The molecule has 0 saturated heterocycles. The third kappa shape index (κ3) is 2.39. The number of amides is 1. The van der Waals surface area contributed by atoms with Crippen molar-refractivity contribution in [1.82, 2.24) is 5.32 Å². The average Bonchev–Trinajstić information content (AvgIpc) is 3.07. The maximum atomic E-state index is 12.1. The molecule has 19 heavy (non-hydrogen) atoms. The highest BCUT2D eigenvalue weighted by Crippen LogP contribution is 2.45. The average molecular weight is 279 g/mol. The summed E-state index contributed by atoms with van der Waals surface area (Å²) in [5, 5.41) is 11.9. The lowest BCUT2D eigenvalue weighted by molar-refractivity contribution is -0.143. The molecule has 1 aromatic heterocycles. The number of aryl methyl sites for hydroxylation is 2. The van der Waals surface area contributed by atoms with Gasteiger partial charge in [-0.3, -0.25) is 9.59 Å². The SMILES string of the molecule is O=C(NCC1(C(=O)O)CC1)c1cc2c(s1)CCCC2. The van der Waals surface area contributed by atoms with E-state index in [0.29, 0.717) is 12.8 Å². The molecular weight excluding hydrogens is 262 g/mol. The number of nitrogens with one attached hydrogen (secondary N) is 1. The van der Waals surface area contributed by atoms with Gasteiger partial charge in [-0.25, -0.2) is 0 Å². The van der Waals surface area contributed by atoms with E-state index in [9.17, 15) is 9.59 Å². The molecule has 0 atom stereocenters. The van der Waals surface area contributed by atoms with E-state index in [1.807, 2.05) is 6.07 Å². The molecular formula is C14H17NO3S. The summed E-state index contributed by atoms with van der Waals surface area (Å²) in [5.41, 5.74) is 0.618. The standard InChI is InChI=1S/C14H17NO3S/c16-12(15-8-14(5-6-14)13(17)18)11-7-9-3-1-2-4-10(9)19-11/h7H,1-6,8H2,(H,15,16)(H,17,18). The van der Waals surface area contributed by atoms with Crippen LogP contribution in [0.15, 0.2) is 6.07 Å². The van der Waals surface area contributed by atoms with Crippen LogP contribution in [0.4, 0.5) is 0 Å². The van der Waals surface area contributed by atoms with Gasteiger partial charge in [-0.15, -0.1) is 11.3 Å². The summed E-state index contributed by atoms with van der Waals surface area (Å²) in [5.74, 6) is -0.912. The maximum Gasteiger partial charge on any atom is 0.311 e. The molecule has 0 spiro atoms. The Hall–Kier alpha value is -1.36. The van der Waals surface area contributed by atoms with Crippen molar-refractivity contribution in [1.29, 1.82) is 0 Å². The third-order valence-electron chi connectivity index (χ3n) is 4.11. The number of carboxylic acid groups (broad SMARTS) is 1. The van der Waals surface area contributed by atoms with Crippen molar-refractivity contribution in [3.05, 3.63) is 21.4 Å². The molecule has 1 fully saturated rings. The first-order valence-corrected chi connectivity index (χ1v) is 7.56. The van der Waals surface area contributed by atoms with Crippen LogP contribution in [0.25, 0.3) is 0 Å². The smallest absolute Gasteiger partial charge is 0.311 e. The monoisotopic (exact) mass is 279 g/mol. The summed E-state index contributed by atoms with van der Waals surface area (Å²) in [4.78, 5) is 25.2. The Kier molecular flexibility index (Phi) is 3.09. The minimum atomic E-state index is -0.793. The van der Waals surface area contributed by atoms with E-state index in [4.69, 9.17) is 5.11 Å². The number of thiophene rings is 1. The van der Waals surface area contributed by atoms with Gasteiger partial charge in [0, 0.05) is 11.4 Å². The summed E-state index contributed by atoms with van der Waals surface area (Å²) in [6, 6.07) is 1.98. The van der Waals surface area contributed by atoms with Gasteiger partial charge in [-0.05, 0) is 50.2 Å². The fourth-order valence-corrected chi connectivity index (χ4v) is 3.73. The highest BCUT2D eigenvalue weighted by atomic mass is 32.1. The van der Waals surface area contributed by atoms with Gasteiger partial charge in [0.25, 0.3) is 5.91 Å². The van der Waals surface area contributed by atoms with Gasteiger partial charge < -0.3 is 10.4 Å². The second kappa shape index (κ2) is 4.63.